The molecule has 1 heterocycles. The van der Waals surface area contributed by atoms with Gasteiger partial charge in [0, 0.05) is 0 Å². The van der Waals surface area contributed by atoms with Crippen molar-refractivity contribution in [2.75, 3.05) is 20.1 Å². The van der Waals surface area contributed by atoms with Crippen molar-refractivity contribution in [2.24, 2.45) is 5.92 Å². The Kier molecular flexibility index (Phi) is 4.67. The zero-order valence-corrected chi connectivity index (χ0v) is 8.68. The Balaban J connectivity index is 2.23. The number of nitrogens with zero attached hydrogens (tertiary/aromatic N) is 1. The zero-order chi connectivity index (χ0) is 8.81. The van der Waals surface area contributed by atoms with Crippen LogP contribution in [0.2, 0.25) is 0 Å². The van der Waals surface area contributed by atoms with Crippen molar-refractivity contribution >= 4 is 0 Å². The summed E-state index contributed by atoms with van der Waals surface area (Å²) in [4.78, 5) is 2.49. The van der Waals surface area contributed by atoms with Gasteiger partial charge in [-0.2, -0.15) is 0 Å². The van der Waals surface area contributed by atoms with Crippen LogP contribution in [0.15, 0.2) is 0 Å². The minimum Gasteiger partial charge on any atom is -0.306 e. The van der Waals surface area contributed by atoms with Crippen LogP contribution < -0.4 is 0 Å². The van der Waals surface area contributed by atoms with Crippen molar-refractivity contribution in [1.29, 1.82) is 0 Å². The quantitative estimate of drug-likeness (QED) is 0.539. The molecule has 0 spiro atoms. The fourth-order valence-electron chi connectivity index (χ4n) is 1.92. The second kappa shape index (κ2) is 5.58. The maximum Gasteiger partial charge on any atom is -0.00192 e. The Morgan fingerprint density at radius 1 is 0.917 bits per heavy atom. The van der Waals surface area contributed by atoms with Crippen LogP contribution in [0.5, 0.6) is 0 Å². The largest absolute Gasteiger partial charge is 0.306 e. The van der Waals surface area contributed by atoms with Gasteiger partial charge in [-0.05, 0) is 38.9 Å². The first kappa shape index (κ1) is 10.0. The second-order valence-electron chi connectivity index (χ2n) is 4.40. The first-order valence-corrected chi connectivity index (χ1v) is 5.47. The molecule has 0 radical (unpaired) electrons. The molecule has 0 amide bonds. The SMILES string of the molecule is C[C@@H]1CCCCCCN(C)CC1. The molecular formula is C11H23N. The molecule has 1 aliphatic heterocycles. The molecule has 72 valence electrons. The van der Waals surface area contributed by atoms with Gasteiger partial charge in [0.1, 0.15) is 0 Å². The van der Waals surface area contributed by atoms with Crippen molar-refractivity contribution in [3.05, 3.63) is 0 Å². The van der Waals surface area contributed by atoms with E-state index in [1.54, 1.807) is 0 Å². The lowest BCUT2D eigenvalue weighted by molar-refractivity contribution is 0.280. The molecule has 1 atom stereocenters. The third-order valence-electron chi connectivity index (χ3n) is 2.99. The van der Waals surface area contributed by atoms with Gasteiger partial charge in [0.25, 0.3) is 0 Å². The number of rotatable bonds is 0. The van der Waals surface area contributed by atoms with E-state index in [9.17, 15) is 0 Å². The molecule has 0 aromatic heterocycles. The lowest BCUT2D eigenvalue weighted by Crippen LogP contribution is -2.23. The summed E-state index contributed by atoms with van der Waals surface area (Å²) in [6.07, 6.45) is 8.62. The molecule has 0 saturated carbocycles. The third-order valence-corrected chi connectivity index (χ3v) is 2.99. The van der Waals surface area contributed by atoms with Gasteiger partial charge >= 0.3 is 0 Å². The topological polar surface area (TPSA) is 3.24 Å². The van der Waals surface area contributed by atoms with Crippen LogP contribution in [-0.4, -0.2) is 25.0 Å². The van der Waals surface area contributed by atoms with Gasteiger partial charge < -0.3 is 4.90 Å². The van der Waals surface area contributed by atoms with Crippen LogP contribution in [0.25, 0.3) is 0 Å². The lowest BCUT2D eigenvalue weighted by Gasteiger charge is -2.21. The fourth-order valence-corrected chi connectivity index (χ4v) is 1.92. The van der Waals surface area contributed by atoms with E-state index in [0.29, 0.717) is 0 Å². The summed E-state index contributed by atoms with van der Waals surface area (Å²) in [5.74, 6) is 0.950. The van der Waals surface area contributed by atoms with E-state index in [-0.39, 0.29) is 0 Å². The molecule has 0 unspecified atom stereocenters. The monoisotopic (exact) mass is 169 g/mol. The Morgan fingerprint density at radius 2 is 1.67 bits per heavy atom. The fraction of sp³-hybridized carbons (Fsp3) is 1.00. The van der Waals surface area contributed by atoms with E-state index in [1.807, 2.05) is 0 Å². The molecule has 0 aliphatic carbocycles. The molecule has 1 saturated heterocycles. The third kappa shape index (κ3) is 4.10. The average molecular weight is 169 g/mol. The van der Waals surface area contributed by atoms with Crippen LogP contribution in [-0.2, 0) is 0 Å². The predicted octanol–water partition coefficient (Wildman–Crippen LogP) is 2.91. The van der Waals surface area contributed by atoms with Crippen molar-refractivity contribution in [2.45, 2.75) is 45.4 Å². The lowest BCUT2D eigenvalue weighted by atomic mass is 9.98. The van der Waals surface area contributed by atoms with E-state index >= 15 is 0 Å². The first-order chi connectivity index (χ1) is 5.79. The van der Waals surface area contributed by atoms with E-state index in [4.69, 9.17) is 0 Å². The summed E-state index contributed by atoms with van der Waals surface area (Å²) >= 11 is 0. The molecule has 1 fully saturated rings. The molecule has 0 aromatic rings. The van der Waals surface area contributed by atoms with Crippen molar-refractivity contribution in [3.63, 3.8) is 0 Å². The standard InChI is InChI=1S/C11H23N/c1-11-7-5-3-4-6-9-12(2)10-8-11/h11H,3-10H2,1-2H3/t11-/m1/s1. The second-order valence-corrected chi connectivity index (χ2v) is 4.40. The van der Waals surface area contributed by atoms with Crippen molar-refractivity contribution in [1.82, 2.24) is 4.90 Å². The molecular weight excluding hydrogens is 146 g/mol. The van der Waals surface area contributed by atoms with E-state index in [0.717, 1.165) is 5.92 Å². The van der Waals surface area contributed by atoms with Crippen molar-refractivity contribution < 1.29 is 0 Å². The minimum atomic E-state index is 0.950. The Labute approximate surface area is 77.1 Å². The minimum absolute atomic E-state index is 0.950. The highest BCUT2D eigenvalue weighted by Gasteiger charge is 2.06. The van der Waals surface area contributed by atoms with E-state index < -0.39 is 0 Å². The first-order valence-electron chi connectivity index (χ1n) is 5.47. The maximum absolute atomic E-state index is 2.49. The molecule has 1 aliphatic rings. The normalized spacial score (nSPS) is 30.0. The van der Waals surface area contributed by atoms with E-state index in [1.165, 1.54) is 51.6 Å². The Bertz CT molecular complexity index is 97.6. The Hall–Kier alpha value is -0.0400. The summed E-state index contributed by atoms with van der Waals surface area (Å²) in [5, 5.41) is 0. The highest BCUT2D eigenvalue weighted by Crippen LogP contribution is 2.15. The molecule has 0 N–H and O–H groups in total. The highest BCUT2D eigenvalue weighted by atomic mass is 15.1. The van der Waals surface area contributed by atoms with Crippen LogP contribution in [0, 0.1) is 5.92 Å². The summed E-state index contributed by atoms with van der Waals surface area (Å²) in [7, 11) is 2.26. The van der Waals surface area contributed by atoms with Crippen LogP contribution in [0.1, 0.15) is 45.4 Å². The predicted molar refractivity (Wildman–Crippen MR) is 54.4 cm³/mol. The molecule has 1 rings (SSSR count). The van der Waals surface area contributed by atoms with Gasteiger partial charge in [0.15, 0.2) is 0 Å². The van der Waals surface area contributed by atoms with Crippen LogP contribution in [0.4, 0.5) is 0 Å². The van der Waals surface area contributed by atoms with Crippen molar-refractivity contribution in [3.8, 4) is 0 Å². The zero-order valence-electron chi connectivity index (χ0n) is 8.68. The summed E-state index contributed by atoms with van der Waals surface area (Å²) in [6, 6.07) is 0. The smallest absolute Gasteiger partial charge is 0.00192 e. The summed E-state index contributed by atoms with van der Waals surface area (Å²) < 4.78 is 0. The highest BCUT2D eigenvalue weighted by molar-refractivity contribution is 4.61. The molecule has 1 nitrogen and oxygen atoms in total. The summed E-state index contributed by atoms with van der Waals surface area (Å²) in [5.41, 5.74) is 0. The maximum atomic E-state index is 2.49. The van der Waals surface area contributed by atoms with Crippen LogP contribution in [0.3, 0.4) is 0 Å². The van der Waals surface area contributed by atoms with Gasteiger partial charge in [0.05, 0.1) is 0 Å². The van der Waals surface area contributed by atoms with Gasteiger partial charge in [-0.15, -0.1) is 0 Å². The molecule has 0 bridgehead atoms. The van der Waals surface area contributed by atoms with Crippen LogP contribution >= 0.6 is 0 Å². The Morgan fingerprint density at radius 3 is 2.50 bits per heavy atom. The molecule has 1 heteroatoms. The summed E-state index contributed by atoms with van der Waals surface area (Å²) in [6.45, 7) is 5.02. The van der Waals surface area contributed by atoms with E-state index in [2.05, 4.69) is 18.9 Å². The average Bonchev–Trinajstić information content (AvgIpc) is 2.07. The van der Waals surface area contributed by atoms with Gasteiger partial charge in [-0.3, -0.25) is 0 Å². The molecule has 0 aromatic carbocycles. The van der Waals surface area contributed by atoms with Gasteiger partial charge in [-0.1, -0.05) is 32.6 Å². The number of hydrogen-bond acceptors (Lipinski definition) is 1. The van der Waals surface area contributed by atoms with Gasteiger partial charge in [0.2, 0.25) is 0 Å². The molecule has 12 heavy (non-hydrogen) atoms. The van der Waals surface area contributed by atoms with Gasteiger partial charge in [-0.25, -0.2) is 0 Å². The number of hydrogen-bond donors (Lipinski definition) is 0.